The summed E-state index contributed by atoms with van der Waals surface area (Å²) in [5.74, 6) is 0.295. The molecule has 0 radical (unpaired) electrons. The first-order valence-electron chi connectivity index (χ1n) is 7.02. The number of benzene rings is 1. The number of hydrogen-bond donors (Lipinski definition) is 3. The first-order chi connectivity index (χ1) is 9.92. The monoisotopic (exact) mass is 347 g/mol. The summed E-state index contributed by atoms with van der Waals surface area (Å²) in [6.07, 6.45) is 2.47. The van der Waals surface area contributed by atoms with Crippen LogP contribution in [0.3, 0.4) is 0 Å². The predicted octanol–water partition coefficient (Wildman–Crippen LogP) is 1.23. The Labute approximate surface area is 137 Å². The molecule has 1 fully saturated rings. The minimum absolute atomic E-state index is 0. The standard InChI is InChI=1S/C14H21N3O3S.ClH/c15-21(19,20)10-12-2-1-3-13(8-12)17-14(18)5-4-11-6-7-16-9-11;/h1-3,8,11,16H,4-7,9-10H2,(H,17,18)(H2,15,19,20);1H. The molecule has 4 N–H and O–H groups in total. The zero-order chi connectivity index (χ0) is 15.3. The number of anilines is 1. The average Bonchev–Trinajstić information content (AvgIpc) is 2.87. The van der Waals surface area contributed by atoms with Crippen molar-refractivity contribution in [2.75, 3.05) is 18.4 Å². The molecule has 2 rings (SSSR count). The molecule has 1 atom stereocenters. The number of rotatable bonds is 6. The van der Waals surface area contributed by atoms with E-state index < -0.39 is 10.0 Å². The van der Waals surface area contributed by atoms with Crippen molar-refractivity contribution in [3.05, 3.63) is 29.8 Å². The van der Waals surface area contributed by atoms with Crippen molar-refractivity contribution in [1.82, 2.24) is 5.32 Å². The van der Waals surface area contributed by atoms with Gasteiger partial charge in [-0.3, -0.25) is 4.79 Å². The van der Waals surface area contributed by atoms with Gasteiger partial charge < -0.3 is 10.6 Å². The summed E-state index contributed by atoms with van der Waals surface area (Å²) in [7, 11) is -3.56. The minimum Gasteiger partial charge on any atom is -0.326 e. The summed E-state index contributed by atoms with van der Waals surface area (Å²) in [6, 6.07) is 6.75. The number of nitrogens with two attached hydrogens (primary N) is 1. The zero-order valence-electron chi connectivity index (χ0n) is 12.2. The average molecular weight is 348 g/mol. The summed E-state index contributed by atoms with van der Waals surface area (Å²) in [5.41, 5.74) is 1.17. The Balaban J connectivity index is 0.00000242. The maximum Gasteiger partial charge on any atom is 0.224 e. The Morgan fingerprint density at radius 1 is 1.41 bits per heavy atom. The van der Waals surface area contributed by atoms with Crippen molar-refractivity contribution in [2.24, 2.45) is 11.1 Å². The molecule has 1 aliphatic heterocycles. The van der Waals surface area contributed by atoms with Gasteiger partial charge in [0.1, 0.15) is 0 Å². The molecule has 0 aliphatic carbocycles. The second kappa shape index (κ2) is 8.47. The highest BCUT2D eigenvalue weighted by Gasteiger charge is 2.15. The van der Waals surface area contributed by atoms with Crippen molar-refractivity contribution in [3.8, 4) is 0 Å². The van der Waals surface area contributed by atoms with Crippen LogP contribution in [0.15, 0.2) is 24.3 Å². The van der Waals surface area contributed by atoms with Gasteiger partial charge in [-0.15, -0.1) is 12.4 Å². The second-order valence-corrected chi connectivity index (χ2v) is 7.07. The van der Waals surface area contributed by atoms with Crippen LogP contribution in [-0.4, -0.2) is 27.4 Å². The first kappa shape index (κ1) is 18.9. The van der Waals surface area contributed by atoms with E-state index in [2.05, 4.69) is 10.6 Å². The van der Waals surface area contributed by atoms with Crippen molar-refractivity contribution in [1.29, 1.82) is 0 Å². The van der Waals surface area contributed by atoms with Crippen molar-refractivity contribution < 1.29 is 13.2 Å². The number of amides is 1. The third-order valence-corrected chi connectivity index (χ3v) is 4.26. The lowest BCUT2D eigenvalue weighted by molar-refractivity contribution is -0.116. The van der Waals surface area contributed by atoms with Gasteiger partial charge in [0.25, 0.3) is 0 Å². The van der Waals surface area contributed by atoms with E-state index in [-0.39, 0.29) is 24.1 Å². The van der Waals surface area contributed by atoms with Crippen molar-refractivity contribution >= 4 is 34.0 Å². The Morgan fingerprint density at radius 2 is 2.18 bits per heavy atom. The molecule has 124 valence electrons. The zero-order valence-corrected chi connectivity index (χ0v) is 13.9. The molecule has 0 bridgehead atoms. The number of hydrogen-bond acceptors (Lipinski definition) is 4. The van der Waals surface area contributed by atoms with E-state index in [0.717, 1.165) is 25.9 Å². The molecule has 1 unspecified atom stereocenters. The maximum atomic E-state index is 11.9. The van der Waals surface area contributed by atoms with Crippen molar-refractivity contribution in [3.63, 3.8) is 0 Å². The number of carbonyl (C=O) groups excluding carboxylic acids is 1. The number of halogens is 1. The lowest BCUT2D eigenvalue weighted by Gasteiger charge is -2.09. The molecule has 1 amide bonds. The molecular weight excluding hydrogens is 326 g/mol. The highest BCUT2D eigenvalue weighted by molar-refractivity contribution is 7.88. The fourth-order valence-electron chi connectivity index (χ4n) is 2.49. The predicted molar refractivity (Wildman–Crippen MR) is 89.3 cm³/mol. The smallest absolute Gasteiger partial charge is 0.224 e. The second-order valence-electron chi connectivity index (χ2n) is 5.45. The Morgan fingerprint density at radius 3 is 2.82 bits per heavy atom. The minimum atomic E-state index is -3.56. The molecule has 22 heavy (non-hydrogen) atoms. The van der Waals surface area contributed by atoms with E-state index in [0.29, 0.717) is 23.6 Å². The van der Waals surface area contributed by atoms with Crippen LogP contribution in [0.25, 0.3) is 0 Å². The van der Waals surface area contributed by atoms with E-state index in [9.17, 15) is 13.2 Å². The van der Waals surface area contributed by atoms with Gasteiger partial charge in [0.15, 0.2) is 0 Å². The van der Waals surface area contributed by atoms with Gasteiger partial charge in [-0.05, 0) is 49.5 Å². The summed E-state index contributed by atoms with van der Waals surface area (Å²) in [4.78, 5) is 11.9. The van der Waals surface area contributed by atoms with Crippen molar-refractivity contribution in [2.45, 2.75) is 25.0 Å². The topological polar surface area (TPSA) is 101 Å². The van der Waals surface area contributed by atoms with E-state index in [1.165, 1.54) is 0 Å². The number of sulfonamides is 1. The highest BCUT2D eigenvalue weighted by Crippen LogP contribution is 2.16. The third-order valence-electron chi connectivity index (χ3n) is 3.52. The van der Waals surface area contributed by atoms with Gasteiger partial charge in [-0.2, -0.15) is 0 Å². The summed E-state index contributed by atoms with van der Waals surface area (Å²) < 4.78 is 22.1. The van der Waals surface area contributed by atoms with E-state index in [1.807, 2.05) is 0 Å². The molecule has 0 aromatic heterocycles. The Kier molecular flexibility index (Phi) is 7.28. The lowest BCUT2D eigenvalue weighted by Crippen LogP contribution is -2.16. The van der Waals surface area contributed by atoms with Crippen LogP contribution in [-0.2, 0) is 20.6 Å². The van der Waals surface area contributed by atoms with Crippen LogP contribution in [0, 0.1) is 5.92 Å². The summed E-state index contributed by atoms with van der Waals surface area (Å²) in [5, 5.41) is 11.1. The maximum absolute atomic E-state index is 11.9. The van der Waals surface area contributed by atoms with Gasteiger partial charge in [0, 0.05) is 12.1 Å². The van der Waals surface area contributed by atoms with Crippen LogP contribution in [0.4, 0.5) is 5.69 Å². The molecule has 0 saturated carbocycles. The molecule has 1 heterocycles. The van der Waals surface area contributed by atoms with Crippen LogP contribution < -0.4 is 15.8 Å². The van der Waals surface area contributed by atoms with Crippen LogP contribution in [0.5, 0.6) is 0 Å². The molecule has 1 aromatic carbocycles. The van der Waals surface area contributed by atoms with Crippen LogP contribution in [0.1, 0.15) is 24.8 Å². The Bertz CT molecular complexity index is 601. The highest BCUT2D eigenvalue weighted by atomic mass is 35.5. The SMILES string of the molecule is Cl.NS(=O)(=O)Cc1cccc(NC(=O)CCC2CCNC2)c1. The number of nitrogens with one attached hydrogen (secondary N) is 2. The van der Waals surface area contributed by atoms with Gasteiger partial charge in [0.05, 0.1) is 5.75 Å². The molecule has 1 saturated heterocycles. The van der Waals surface area contributed by atoms with Gasteiger partial charge in [-0.1, -0.05) is 12.1 Å². The summed E-state index contributed by atoms with van der Waals surface area (Å²) in [6.45, 7) is 2.01. The normalized spacial score (nSPS) is 17.8. The van der Waals surface area contributed by atoms with Crippen LogP contribution >= 0.6 is 12.4 Å². The molecular formula is C14H22ClN3O3S. The Hall–Kier alpha value is -1.15. The van der Waals surface area contributed by atoms with Gasteiger partial charge >= 0.3 is 0 Å². The number of carbonyl (C=O) groups is 1. The first-order valence-corrected chi connectivity index (χ1v) is 8.74. The lowest BCUT2D eigenvalue weighted by atomic mass is 10.0. The largest absolute Gasteiger partial charge is 0.326 e. The molecule has 8 heteroatoms. The molecule has 1 aliphatic rings. The summed E-state index contributed by atoms with van der Waals surface area (Å²) >= 11 is 0. The van der Waals surface area contributed by atoms with E-state index in [4.69, 9.17) is 5.14 Å². The fraction of sp³-hybridized carbons (Fsp3) is 0.500. The third kappa shape index (κ3) is 6.74. The van der Waals surface area contributed by atoms with Crippen LogP contribution in [0.2, 0.25) is 0 Å². The van der Waals surface area contributed by atoms with Gasteiger partial charge in [0.2, 0.25) is 15.9 Å². The fourth-order valence-corrected chi connectivity index (χ4v) is 3.13. The molecule has 6 nitrogen and oxygen atoms in total. The van der Waals surface area contributed by atoms with E-state index in [1.54, 1.807) is 24.3 Å². The van der Waals surface area contributed by atoms with Gasteiger partial charge in [-0.25, -0.2) is 13.6 Å². The quantitative estimate of drug-likeness (QED) is 0.720. The molecule has 0 spiro atoms. The number of primary sulfonamides is 1. The molecule has 1 aromatic rings. The van der Waals surface area contributed by atoms with E-state index >= 15 is 0 Å².